The molecule has 0 aliphatic heterocycles. The number of nitrogens with zero attached hydrogens (tertiary/aromatic N) is 2. The monoisotopic (exact) mass is 377 g/mol. The number of rotatable bonds is 1. The van der Waals surface area contributed by atoms with Crippen LogP contribution in [0.2, 0.25) is 0 Å². The molecule has 83 valence electrons. The largest absolute Gasteiger partial charge is 2.00 e. The molecule has 1 radical (unpaired) electrons. The van der Waals surface area contributed by atoms with Crippen molar-refractivity contribution in [3.05, 3.63) is 48.8 Å². The van der Waals surface area contributed by atoms with Crippen LogP contribution in [0.3, 0.4) is 0 Å². The van der Waals surface area contributed by atoms with Crippen LogP contribution in [-0.2, 0) is 17.1 Å². The summed E-state index contributed by atoms with van der Waals surface area (Å²) in [6.45, 7) is 0. The average Bonchev–Trinajstić information content (AvgIpc) is 2.21. The van der Waals surface area contributed by atoms with Crippen LogP contribution < -0.4 is 34.0 Å². The summed E-state index contributed by atoms with van der Waals surface area (Å²) in [7, 11) is 0. The fourth-order valence-corrected chi connectivity index (χ4v) is 1.03. The van der Waals surface area contributed by atoms with E-state index in [-0.39, 0.29) is 51.0 Å². The zero-order valence-electron chi connectivity index (χ0n) is 7.57. The van der Waals surface area contributed by atoms with Crippen LogP contribution >= 0.6 is 0 Å². The minimum Gasteiger partial charge on any atom is -1.00 e. The summed E-state index contributed by atoms with van der Waals surface area (Å²) >= 11 is 0. The Morgan fingerprint density at radius 2 is 1.07 bits per heavy atom. The summed E-state index contributed by atoms with van der Waals surface area (Å²) in [6.07, 6.45) is 3.54. The van der Waals surface area contributed by atoms with E-state index in [0.29, 0.717) is 0 Å². The Morgan fingerprint density at radius 1 is 0.667 bits per heavy atom. The predicted molar refractivity (Wildman–Crippen MR) is 47.5 cm³/mol. The van der Waals surface area contributed by atoms with Gasteiger partial charge in [0.25, 0.3) is 0 Å². The summed E-state index contributed by atoms with van der Waals surface area (Å²) in [5, 5.41) is 0. The van der Waals surface area contributed by atoms with Gasteiger partial charge >= 0.3 is 17.1 Å². The Bertz CT molecular complexity index is 319. The van der Waals surface area contributed by atoms with E-state index in [1.54, 1.807) is 12.4 Å². The fourth-order valence-electron chi connectivity index (χ4n) is 1.03. The second-order valence-corrected chi connectivity index (χ2v) is 2.43. The third-order valence-electron chi connectivity index (χ3n) is 1.59. The molecule has 2 aromatic heterocycles. The quantitative estimate of drug-likeness (QED) is 0.474. The van der Waals surface area contributed by atoms with Gasteiger partial charge in [0, 0.05) is 12.4 Å². The maximum absolute atomic E-state index is 4.19. The van der Waals surface area contributed by atoms with Crippen LogP contribution in [0.15, 0.2) is 48.8 Å². The van der Waals surface area contributed by atoms with Gasteiger partial charge in [0.15, 0.2) is 0 Å². The molecule has 0 fully saturated rings. The van der Waals surface area contributed by atoms with E-state index in [1.165, 1.54) is 0 Å². The molecule has 2 rings (SSSR count). The van der Waals surface area contributed by atoms with Gasteiger partial charge in [0.1, 0.15) is 0 Å². The number of aromatic nitrogens is 2. The molecule has 0 saturated heterocycles. The number of hydrogen-bond acceptors (Lipinski definition) is 2. The Morgan fingerprint density at radius 3 is 1.33 bits per heavy atom. The maximum Gasteiger partial charge on any atom is 2.00 e. The van der Waals surface area contributed by atoms with Gasteiger partial charge < -0.3 is 34.0 Å². The van der Waals surface area contributed by atoms with Crippen molar-refractivity contribution in [2.24, 2.45) is 0 Å². The molecule has 0 aliphatic carbocycles. The van der Waals surface area contributed by atoms with Crippen LogP contribution in [0.5, 0.6) is 0 Å². The SMILES string of the molecule is [Br-].[Br-].[Cu+2].c1ccc(-c2ccccn2)nc1. The third-order valence-corrected chi connectivity index (χ3v) is 1.59. The molecule has 15 heavy (non-hydrogen) atoms. The fraction of sp³-hybridized carbons (Fsp3) is 0. The molecule has 0 N–H and O–H groups in total. The molecule has 0 atom stereocenters. The van der Waals surface area contributed by atoms with E-state index in [0.717, 1.165) is 11.4 Å². The standard InChI is InChI=1S/C10H8N2.2BrH.Cu/c1-3-7-11-9(5-1)10-6-2-4-8-12-10;;;/h1-8H;2*1H;/q;;;+2/p-2. The van der Waals surface area contributed by atoms with E-state index in [2.05, 4.69) is 9.97 Å². The van der Waals surface area contributed by atoms with Gasteiger partial charge in [-0.05, 0) is 24.3 Å². The Hall–Kier alpha value is -0.221. The first-order valence-electron chi connectivity index (χ1n) is 3.79. The Balaban J connectivity index is 0. The van der Waals surface area contributed by atoms with Gasteiger partial charge in [-0.25, -0.2) is 0 Å². The third kappa shape index (κ3) is 4.89. The van der Waals surface area contributed by atoms with Crippen molar-refractivity contribution in [3.8, 4) is 11.4 Å². The van der Waals surface area contributed by atoms with Crippen LogP contribution in [-0.4, -0.2) is 9.97 Å². The molecular weight excluding hydrogens is 371 g/mol. The second kappa shape index (κ2) is 9.04. The summed E-state index contributed by atoms with van der Waals surface area (Å²) in [5.74, 6) is 0. The summed E-state index contributed by atoms with van der Waals surface area (Å²) in [5.41, 5.74) is 1.83. The van der Waals surface area contributed by atoms with Crippen LogP contribution in [0.1, 0.15) is 0 Å². The first kappa shape index (κ1) is 17.2. The zero-order valence-corrected chi connectivity index (χ0v) is 11.7. The zero-order chi connectivity index (χ0) is 8.23. The van der Waals surface area contributed by atoms with Crippen molar-refractivity contribution in [2.45, 2.75) is 0 Å². The number of halogens is 2. The normalized spacial score (nSPS) is 7.73. The van der Waals surface area contributed by atoms with E-state index >= 15 is 0 Å². The summed E-state index contributed by atoms with van der Waals surface area (Å²) in [6, 6.07) is 11.6. The van der Waals surface area contributed by atoms with E-state index in [4.69, 9.17) is 0 Å². The van der Waals surface area contributed by atoms with Gasteiger partial charge in [-0.1, -0.05) is 12.1 Å². The van der Waals surface area contributed by atoms with Crippen LogP contribution in [0.25, 0.3) is 11.4 Å². The molecule has 5 heteroatoms. The molecule has 2 aromatic rings. The van der Waals surface area contributed by atoms with Gasteiger partial charge in [-0.15, -0.1) is 0 Å². The van der Waals surface area contributed by atoms with Crippen LogP contribution in [0.4, 0.5) is 0 Å². The van der Waals surface area contributed by atoms with Crippen LogP contribution in [0, 0.1) is 0 Å². The molecule has 0 bridgehead atoms. The number of hydrogen-bond donors (Lipinski definition) is 0. The van der Waals surface area contributed by atoms with Gasteiger partial charge in [0.2, 0.25) is 0 Å². The topological polar surface area (TPSA) is 25.8 Å². The summed E-state index contributed by atoms with van der Waals surface area (Å²) < 4.78 is 0. The maximum atomic E-state index is 4.19. The molecule has 0 amide bonds. The Kier molecular flexibility index (Phi) is 10.4. The molecule has 0 aromatic carbocycles. The van der Waals surface area contributed by atoms with E-state index < -0.39 is 0 Å². The van der Waals surface area contributed by atoms with Crippen molar-refractivity contribution in [1.29, 1.82) is 0 Å². The van der Waals surface area contributed by atoms with Crippen molar-refractivity contribution in [2.75, 3.05) is 0 Å². The molecule has 0 unspecified atom stereocenters. The first-order chi connectivity index (χ1) is 5.97. The first-order valence-corrected chi connectivity index (χ1v) is 3.79. The summed E-state index contributed by atoms with van der Waals surface area (Å²) in [4.78, 5) is 8.37. The van der Waals surface area contributed by atoms with Crippen molar-refractivity contribution in [3.63, 3.8) is 0 Å². The smallest absolute Gasteiger partial charge is 1.00 e. The van der Waals surface area contributed by atoms with Crippen molar-refractivity contribution < 1.29 is 51.0 Å². The minimum absolute atomic E-state index is 0. The van der Waals surface area contributed by atoms with Gasteiger partial charge in [-0.3, -0.25) is 9.97 Å². The Labute approximate surface area is 121 Å². The van der Waals surface area contributed by atoms with Crippen molar-refractivity contribution in [1.82, 2.24) is 9.97 Å². The molecule has 2 nitrogen and oxygen atoms in total. The van der Waals surface area contributed by atoms with Gasteiger partial charge in [0.05, 0.1) is 11.4 Å². The van der Waals surface area contributed by atoms with Crippen molar-refractivity contribution >= 4 is 0 Å². The number of pyridine rings is 2. The second-order valence-electron chi connectivity index (χ2n) is 2.43. The average molecular weight is 380 g/mol. The molecule has 0 spiro atoms. The predicted octanol–water partition coefficient (Wildman–Crippen LogP) is -3.85. The van der Waals surface area contributed by atoms with Gasteiger partial charge in [-0.2, -0.15) is 0 Å². The van der Waals surface area contributed by atoms with E-state index in [9.17, 15) is 0 Å². The molecule has 0 saturated carbocycles. The van der Waals surface area contributed by atoms with E-state index in [1.807, 2.05) is 36.4 Å². The minimum atomic E-state index is 0. The molecule has 2 heterocycles. The molecular formula is C10H8Br2CuN2. The molecule has 0 aliphatic rings.